The number of nitrogens with one attached hydrogen (secondary N) is 1. The fourth-order valence-corrected chi connectivity index (χ4v) is 2.97. The molecule has 3 N–H and O–H groups in total. The van der Waals surface area contributed by atoms with Crippen molar-refractivity contribution in [1.29, 1.82) is 0 Å². The molecule has 0 amide bonds. The van der Waals surface area contributed by atoms with Crippen LogP contribution in [0.1, 0.15) is 11.5 Å². The summed E-state index contributed by atoms with van der Waals surface area (Å²) in [4.78, 5) is 16.9. The van der Waals surface area contributed by atoms with Crippen molar-refractivity contribution in [3.63, 3.8) is 0 Å². The molecule has 0 fully saturated rings. The minimum absolute atomic E-state index is 0.00458. The second-order valence-corrected chi connectivity index (χ2v) is 6.21. The summed E-state index contributed by atoms with van der Waals surface area (Å²) in [6.45, 7) is 5.56. The van der Waals surface area contributed by atoms with E-state index >= 15 is 0 Å². The Bertz CT molecular complexity index is 977. The molecule has 0 unspecified atom stereocenters. The molecule has 0 aromatic carbocycles. The van der Waals surface area contributed by atoms with Gasteiger partial charge in [-0.15, -0.1) is 6.58 Å². The van der Waals surface area contributed by atoms with Gasteiger partial charge in [-0.1, -0.05) is 6.08 Å². The lowest BCUT2D eigenvalue weighted by molar-refractivity contribution is 0.162. The number of nitrogen functional groups attached to an aromatic ring is 1. The average molecular weight is 376 g/mol. The number of nitrogens with two attached hydrogens (primary N) is 1. The van der Waals surface area contributed by atoms with Crippen molar-refractivity contribution in [3.05, 3.63) is 61.2 Å². The number of nitrogens with zero attached hydrogens (tertiary/aromatic N) is 4. The molecule has 4 rings (SSSR count). The Morgan fingerprint density at radius 1 is 1.14 bits per heavy atom. The highest BCUT2D eigenvalue weighted by atomic mass is 16.6. The molecule has 0 saturated carbocycles. The SMILES string of the molecule is C=C[C@H](CNc1cc(-c2ccc(N)nc2)ncn1)c1ccnc2c1OCCO2. The molecule has 0 bridgehead atoms. The van der Waals surface area contributed by atoms with Crippen molar-refractivity contribution in [1.82, 2.24) is 19.9 Å². The van der Waals surface area contributed by atoms with Gasteiger partial charge in [0.15, 0.2) is 5.75 Å². The Morgan fingerprint density at radius 3 is 2.86 bits per heavy atom. The maximum absolute atomic E-state index is 5.77. The highest BCUT2D eigenvalue weighted by Gasteiger charge is 2.21. The number of pyridine rings is 2. The predicted octanol–water partition coefficient (Wildman–Crippen LogP) is 2.67. The fraction of sp³-hybridized carbons (Fsp3) is 0.200. The highest BCUT2D eigenvalue weighted by molar-refractivity contribution is 5.62. The van der Waals surface area contributed by atoms with Crippen LogP contribution in [0.2, 0.25) is 0 Å². The molecule has 0 radical (unpaired) electrons. The summed E-state index contributed by atoms with van der Waals surface area (Å²) in [7, 11) is 0. The third kappa shape index (κ3) is 3.71. The van der Waals surface area contributed by atoms with Crippen LogP contribution in [-0.4, -0.2) is 39.7 Å². The first-order valence-electron chi connectivity index (χ1n) is 8.89. The molecule has 142 valence electrons. The second kappa shape index (κ2) is 7.91. The topological polar surface area (TPSA) is 108 Å². The minimum Gasteiger partial charge on any atom is -0.484 e. The third-order valence-corrected chi connectivity index (χ3v) is 4.41. The van der Waals surface area contributed by atoms with E-state index in [4.69, 9.17) is 15.2 Å². The summed E-state index contributed by atoms with van der Waals surface area (Å²) < 4.78 is 11.3. The van der Waals surface area contributed by atoms with E-state index in [9.17, 15) is 0 Å². The standard InChI is InChI=1S/C20H20N6O2/c1-2-13(15-5-6-22-20-19(15)27-7-8-28-20)10-24-18-9-16(25-12-26-18)14-3-4-17(21)23-11-14/h2-6,9,11-13H,1,7-8,10H2,(H2,21,23)(H,24,25,26)/t13-/m1/s1. The molecule has 1 aliphatic heterocycles. The number of hydrogen-bond acceptors (Lipinski definition) is 8. The zero-order valence-corrected chi connectivity index (χ0v) is 15.2. The first kappa shape index (κ1) is 17.7. The van der Waals surface area contributed by atoms with Gasteiger partial charge in [0.05, 0.1) is 5.69 Å². The van der Waals surface area contributed by atoms with Gasteiger partial charge in [-0.25, -0.2) is 19.9 Å². The average Bonchev–Trinajstić information content (AvgIpc) is 2.75. The number of rotatable bonds is 6. The summed E-state index contributed by atoms with van der Waals surface area (Å²) in [6, 6.07) is 7.41. The van der Waals surface area contributed by atoms with Crippen LogP contribution < -0.4 is 20.5 Å². The van der Waals surface area contributed by atoms with Crippen molar-refractivity contribution < 1.29 is 9.47 Å². The number of hydrogen-bond donors (Lipinski definition) is 2. The Balaban J connectivity index is 1.51. The molecule has 0 aliphatic carbocycles. The van der Waals surface area contributed by atoms with Crippen molar-refractivity contribution >= 4 is 11.6 Å². The molecule has 1 atom stereocenters. The number of fused-ring (bicyclic) bond motifs is 1. The first-order valence-corrected chi connectivity index (χ1v) is 8.89. The molecule has 1 aliphatic rings. The zero-order chi connectivity index (χ0) is 19.3. The van der Waals surface area contributed by atoms with E-state index in [1.54, 1.807) is 18.5 Å². The quantitative estimate of drug-likeness (QED) is 0.632. The molecule has 8 heteroatoms. The zero-order valence-electron chi connectivity index (χ0n) is 15.2. The van der Waals surface area contributed by atoms with Crippen LogP contribution in [0, 0.1) is 0 Å². The second-order valence-electron chi connectivity index (χ2n) is 6.21. The molecule has 3 aromatic rings. The van der Waals surface area contributed by atoms with Crippen molar-refractivity contribution in [2.45, 2.75) is 5.92 Å². The molecular formula is C20H20N6O2. The van der Waals surface area contributed by atoms with Crippen LogP contribution in [0.3, 0.4) is 0 Å². The van der Waals surface area contributed by atoms with E-state index in [0.717, 1.165) is 16.8 Å². The van der Waals surface area contributed by atoms with E-state index < -0.39 is 0 Å². The lowest BCUT2D eigenvalue weighted by atomic mass is 9.99. The Kier molecular flexibility index (Phi) is 5.01. The molecule has 4 heterocycles. The Labute approximate surface area is 162 Å². The van der Waals surface area contributed by atoms with Crippen molar-refractivity contribution in [2.75, 3.05) is 30.8 Å². The molecular weight excluding hydrogens is 356 g/mol. The molecule has 8 nitrogen and oxygen atoms in total. The van der Waals surface area contributed by atoms with Gasteiger partial charge in [-0.3, -0.25) is 0 Å². The van der Waals surface area contributed by atoms with Gasteiger partial charge < -0.3 is 20.5 Å². The van der Waals surface area contributed by atoms with Gasteiger partial charge >= 0.3 is 0 Å². The van der Waals surface area contributed by atoms with Crippen LogP contribution in [0.5, 0.6) is 11.6 Å². The van der Waals surface area contributed by atoms with Crippen LogP contribution >= 0.6 is 0 Å². The van der Waals surface area contributed by atoms with Gasteiger partial charge in [-0.2, -0.15) is 0 Å². The molecule has 0 saturated heterocycles. The van der Waals surface area contributed by atoms with Crippen LogP contribution in [0.15, 0.2) is 55.6 Å². The first-order chi connectivity index (χ1) is 13.7. The maximum atomic E-state index is 5.77. The van der Waals surface area contributed by atoms with Gasteiger partial charge in [-0.05, 0) is 18.2 Å². The summed E-state index contributed by atoms with van der Waals surface area (Å²) in [5.74, 6) is 2.37. The lowest BCUT2D eigenvalue weighted by Gasteiger charge is -2.23. The van der Waals surface area contributed by atoms with Crippen LogP contribution in [0.25, 0.3) is 11.3 Å². The lowest BCUT2D eigenvalue weighted by Crippen LogP contribution is -2.20. The summed E-state index contributed by atoms with van der Waals surface area (Å²) in [6.07, 6.45) is 6.79. The minimum atomic E-state index is -0.00458. The van der Waals surface area contributed by atoms with Crippen molar-refractivity contribution in [2.24, 2.45) is 0 Å². The van der Waals surface area contributed by atoms with Gasteiger partial charge in [0.2, 0.25) is 0 Å². The fourth-order valence-electron chi connectivity index (χ4n) is 2.97. The largest absolute Gasteiger partial charge is 0.484 e. The maximum Gasteiger partial charge on any atom is 0.257 e. The van der Waals surface area contributed by atoms with Gasteiger partial charge in [0.1, 0.15) is 31.2 Å². The van der Waals surface area contributed by atoms with Crippen LogP contribution in [0.4, 0.5) is 11.6 Å². The highest BCUT2D eigenvalue weighted by Crippen LogP contribution is 2.36. The summed E-state index contributed by atoms with van der Waals surface area (Å²) >= 11 is 0. The van der Waals surface area contributed by atoms with E-state index in [2.05, 4.69) is 31.8 Å². The summed E-state index contributed by atoms with van der Waals surface area (Å²) in [5, 5.41) is 3.34. The number of aromatic nitrogens is 4. The summed E-state index contributed by atoms with van der Waals surface area (Å²) in [5.41, 5.74) is 8.25. The Hall–Kier alpha value is -3.68. The van der Waals surface area contributed by atoms with Gasteiger partial charge in [0.25, 0.3) is 5.88 Å². The van der Waals surface area contributed by atoms with Crippen LogP contribution in [-0.2, 0) is 0 Å². The molecule has 0 spiro atoms. The monoisotopic (exact) mass is 376 g/mol. The number of anilines is 2. The van der Waals surface area contributed by atoms with E-state index in [1.807, 2.05) is 24.3 Å². The van der Waals surface area contributed by atoms with Gasteiger partial charge in [0, 0.05) is 42.0 Å². The Morgan fingerprint density at radius 2 is 2.04 bits per heavy atom. The van der Waals surface area contributed by atoms with E-state index in [-0.39, 0.29) is 5.92 Å². The van der Waals surface area contributed by atoms with E-state index in [1.165, 1.54) is 6.33 Å². The smallest absolute Gasteiger partial charge is 0.257 e. The molecule has 3 aromatic heterocycles. The normalized spacial score (nSPS) is 13.6. The van der Waals surface area contributed by atoms with Crippen molar-refractivity contribution in [3.8, 4) is 22.9 Å². The molecule has 28 heavy (non-hydrogen) atoms. The number of ether oxygens (including phenoxy) is 2. The van der Waals surface area contributed by atoms with E-state index in [0.29, 0.717) is 43.0 Å². The predicted molar refractivity (Wildman–Crippen MR) is 106 cm³/mol. The third-order valence-electron chi connectivity index (χ3n) is 4.41.